The molecule has 1 N–H and O–H groups in total. The van der Waals surface area contributed by atoms with E-state index in [4.69, 9.17) is 4.74 Å². The second-order valence-electron chi connectivity index (χ2n) is 5.90. The van der Waals surface area contributed by atoms with E-state index in [2.05, 4.69) is 24.1 Å². The van der Waals surface area contributed by atoms with Crippen molar-refractivity contribution in [2.45, 2.75) is 58.0 Å². The van der Waals surface area contributed by atoms with E-state index in [1.165, 1.54) is 45.2 Å². The molecule has 3 heteroatoms. The van der Waals surface area contributed by atoms with Gasteiger partial charge >= 0.3 is 0 Å². The SMILES string of the molecule is CCCNC1CCOCC1N1CCCC(CC)C1. The van der Waals surface area contributed by atoms with Crippen LogP contribution < -0.4 is 5.32 Å². The van der Waals surface area contributed by atoms with E-state index in [1.807, 2.05) is 0 Å². The van der Waals surface area contributed by atoms with Crippen LogP contribution in [-0.4, -0.2) is 49.8 Å². The summed E-state index contributed by atoms with van der Waals surface area (Å²) in [4.78, 5) is 2.70. The van der Waals surface area contributed by atoms with Gasteiger partial charge in [0.25, 0.3) is 0 Å². The molecule has 0 bridgehead atoms. The molecular weight excluding hydrogens is 224 g/mol. The minimum absolute atomic E-state index is 0.611. The summed E-state index contributed by atoms with van der Waals surface area (Å²) in [6.07, 6.45) is 6.53. The highest BCUT2D eigenvalue weighted by Gasteiger charge is 2.32. The molecule has 0 aromatic carbocycles. The maximum Gasteiger partial charge on any atom is 0.0637 e. The van der Waals surface area contributed by atoms with Crippen LogP contribution in [0.4, 0.5) is 0 Å². The van der Waals surface area contributed by atoms with Gasteiger partial charge in [0.1, 0.15) is 0 Å². The van der Waals surface area contributed by atoms with Crippen LogP contribution in [0.2, 0.25) is 0 Å². The molecule has 2 aliphatic heterocycles. The number of piperidine rings is 1. The highest BCUT2D eigenvalue weighted by molar-refractivity contribution is 4.89. The molecule has 106 valence electrons. The van der Waals surface area contributed by atoms with Gasteiger partial charge in [-0.1, -0.05) is 20.3 Å². The van der Waals surface area contributed by atoms with Crippen molar-refractivity contribution in [2.24, 2.45) is 5.92 Å². The number of hydrogen-bond donors (Lipinski definition) is 1. The van der Waals surface area contributed by atoms with Crippen molar-refractivity contribution < 1.29 is 4.74 Å². The van der Waals surface area contributed by atoms with Crippen molar-refractivity contribution in [3.63, 3.8) is 0 Å². The van der Waals surface area contributed by atoms with Gasteiger partial charge in [0, 0.05) is 25.2 Å². The lowest BCUT2D eigenvalue weighted by Crippen LogP contribution is -2.57. The Balaban J connectivity index is 1.90. The average Bonchev–Trinajstić information content (AvgIpc) is 2.45. The van der Waals surface area contributed by atoms with Crippen LogP contribution in [0, 0.1) is 5.92 Å². The molecule has 0 aliphatic carbocycles. The number of rotatable bonds is 5. The smallest absolute Gasteiger partial charge is 0.0637 e. The van der Waals surface area contributed by atoms with Crippen LogP contribution >= 0.6 is 0 Å². The summed E-state index contributed by atoms with van der Waals surface area (Å²) in [7, 11) is 0. The Morgan fingerprint density at radius 1 is 1.28 bits per heavy atom. The first-order valence-corrected chi connectivity index (χ1v) is 7.90. The van der Waals surface area contributed by atoms with E-state index < -0.39 is 0 Å². The predicted molar refractivity (Wildman–Crippen MR) is 75.9 cm³/mol. The fraction of sp³-hybridized carbons (Fsp3) is 1.00. The van der Waals surface area contributed by atoms with Crippen molar-refractivity contribution in [1.29, 1.82) is 0 Å². The third-order valence-corrected chi connectivity index (χ3v) is 4.58. The first-order chi connectivity index (χ1) is 8.85. The van der Waals surface area contributed by atoms with Crippen LogP contribution in [0.1, 0.15) is 46.0 Å². The van der Waals surface area contributed by atoms with Crippen molar-refractivity contribution in [3.8, 4) is 0 Å². The zero-order valence-electron chi connectivity index (χ0n) is 12.2. The Bertz CT molecular complexity index is 235. The highest BCUT2D eigenvalue weighted by Crippen LogP contribution is 2.24. The van der Waals surface area contributed by atoms with E-state index >= 15 is 0 Å². The van der Waals surface area contributed by atoms with Gasteiger partial charge in [0.05, 0.1) is 6.61 Å². The number of nitrogens with one attached hydrogen (secondary N) is 1. The Hall–Kier alpha value is -0.120. The molecule has 0 aromatic heterocycles. The molecule has 2 heterocycles. The number of hydrogen-bond acceptors (Lipinski definition) is 3. The van der Waals surface area contributed by atoms with Crippen molar-refractivity contribution in [3.05, 3.63) is 0 Å². The normalized spacial score (nSPS) is 34.7. The first kappa shape index (κ1) is 14.3. The zero-order valence-corrected chi connectivity index (χ0v) is 12.2. The van der Waals surface area contributed by atoms with Gasteiger partial charge in [-0.2, -0.15) is 0 Å². The summed E-state index contributed by atoms with van der Waals surface area (Å²) in [5.74, 6) is 0.910. The molecule has 0 spiro atoms. The molecule has 0 radical (unpaired) electrons. The summed E-state index contributed by atoms with van der Waals surface area (Å²) in [5.41, 5.74) is 0. The molecule has 2 fully saturated rings. The van der Waals surface area contributed by atoms with E-state index in [0.29, 0.717) is 12.1 Å². The number of ether oxygens (including phenoxy) is 1. The minimum atomic E-state index is 0.611. The van der Waals surface area contributed by atoms with Gasteiger partial charge in [-0.05, 0) is 44.7 Å². The maximum absolute atomic E-state index is 5.73. The fourth-order valence-electron chi connectivity index (χ4n) is 3.38. The molecule has 3 nitrogen and oxygen atoms in total. The first-order valence-electron chi connectivity index (χ1n) is 7.90. The second kappa shape index (κ2) is 7.46. The molecule has 0 amide bonds. The van der Waals surface area contributed by atoms with Gasteiger partial charge in [-0.25, -0.2) is 0 Å². The Kier molecular flexibility index (Phi) is 5.93. The third-order valence-electron chi connectivity index (χ3n) is 4.58. The Morgan fingerprint density at radius 2 is 2.17 bits per heavy atom. The zero-order chi connectivity index (χ0) is 12.8. The predicted octanol–water partition coefficient (Wildman–Crippen LogP) is 2.27. The van der Waals surface area contributed by atoms with Crippen molar-refractivity contribution >= 4 is 0 Å². The lowest BCUT2D eigenvalue weighted by molar-refractivity contribution is -0.0179. The fourth-order valence-corrected chi connectivity index (χ4v) is 3.38. The Morgan fingerprint density at radius 3 is 2.94 bits per heavy atom. The third kappa shape index (κ3) is 3.69. The quantitative estimate of drug-likeness (QED) is 0.814. The van der Waals surface area contributed by atoms with Gasteiger partial charge in [-0.3, -0.25) is 4.90 Å². The van der Waals surface area contributed by atoms with E-state index in [0.717, 1.165) is 25.7 Å². The molecule has 18 heavy (non-hydrogen) atoms. The molecule has 2 rings (SSSR count). The molecule has 0 saturated carbocycles. The Labute approximate surface area is 112 Å². The van der Waals surface area contributed by atoms with Crippen LogP contribution in [0.3, 0.4) is 0 Å². The molecule has 3 atom stereocenters. The van der Waals surface area contributed by atoms with Crippen LogP contribution in [0.5, 0.6) is 0 Å². The summed E-state index contributed by atoms with van der Waals surface area (Å²) in [5, 5.41) is 3.73. The van der Waals surface area contributed by atoms with Crippen molar-refractivity contribution in [2.75, 3.05) is 32.8 Å². The minimum Gasteiger partial charge on any atom is -0.380 e. The van der Waals surface area contributed by atoms with Crippen LogP contribution in [0.25, 0.3) is 0 Å². The lowest BCUT2D eigenvalue weighted by atomic mass is 9.92. The summed E-state index contributed by atoms with van der Waals surface area (Å²) >= 11 is 0. The average molecular weight is 254 g/mol. The second-order valence-corrected chi connectivity index (χ2v) is 5.90. The maximum atomic E-state index is 5.73. The summed E-state index contributed by atoms with van der Waals surface area (Å²) in [6, 6.07) is 1.26. The highest BCUT2D eigenvalue weighted by atomic mass is 16.5. The van der Waals surface area contributed by atoms with Gasteiger partial charge in [-0.15, -0.1) is 0 Å². The van der Waals surface area contributed by atoms with Crippen molar-refractivity contribution in [1.82, 2.24) is 10.2 Å². The molecule has 3 unspecified atom stereocenters. The monoisotopic (exact) mass is 254 g/mol. The largest absolute Gasteiger partial charge is 0.380 e. The van der Waals surface area contributed by atoms with Gasteiger partial charge in [0.15, 0.2) is 0 Å². The van der Waals surface area contributed by atoms with E-state index in [9.17, 15) is 0 Å². The molecule has 2 aliphatic rings. The van der Waals surface area contributed by atoms with E-state index in [1.54, 1.807) is 0 Å². The summed E-state index contributed by atoms with van der Waals surface area (Å²) < 4.78 is 5.73. The van der Waals surface area contributed by atoms with Gasteiger partial charge < -0.3 is 10.1 Å². The number of likely N-dealkylation sites (tertiary alicyclic amines) is 1. The standard InChI is InChI=1S/C15H30N2O/c1-3-8-16-14-7-10-18-12-15(14)17-9-5-6-13(4-2)11-17/h13-16H,3-12H2,1-2H3. The topological polar surface area (TPSA) is 24.5 Å². The number of nitrogens with zero attached hydrogens (tertiary/aromatic N) is 1. The molecule has 0 aromatic rings. The molecular formula is C15H30N2O. The van der Waals surface area contributed by atoms with Crippen LogP contribution in [-0.2, 0) is 4.74 Å². The lowest BCUT2D eigenvalue weighted by Gasteiger charge is -2.43. The van der Waals surface area contributed by atoms with Crippen LogP contribution in [0.15, 0.2) is 0 Å². The molecule has 2 saturated heterocycles. The van der Waals surface area contributed by atoms with Gasteiger partial charge in [0.2, 0.25) is 0 Å². The van der Waals surface area contributed by atoms with E-state index in [-0.39, 0.29) is 0 Å². The summed E-state index contributed by atoms with van der Waals surface area (Å²) in [6.45, 7) is 10.1.